The zero-order valence-electron chi connectivity index (χ0n) is 8.63. The third kappa shape index (κ3) is 2.98. The van der Waals surface area contributed by atoms with Gasteiger partial charge in [-0.05, 0) is 24.3 Å². The first-order valence-electron chi connectivity index (χ1n) is 4.48. The lowest BCUT2D eigenvalue weighted by atomic mass is 10.3. The Kier molecular flexibility index (Phi) is 3.68. The van der Waals surface area contributed by atoms with E-state index in [1.54, 1.807) is 31.3 Å². The number of benzene rings is 1. The topological polar surface area (TPSA) is 70.2 Å². The summed E-state index contributed by atoms with van der Waals surface area (Å²) in [6, 6.07) is 7.04. The van der Waals surface area contributed by atoms with Crippen LogP contribution in [-0.4, -0.2) is 25.9 Å². The number of anilines is 2. The Morgan fingerprint density at radius 2 is 1.47 bits per heavy atom. The van der Waals surface area contributed by atoms with Crippen molar-refractivity contribution >= 4 is 23.2 Å². The van der Waals surface area contributed by atoms with Gasteiger partial charge in [-0.15, -0.1) is 0 Å². The molecule has 0 spiro atoms. The van der Waals surface area contributed by atoms with Crippen molar-refractivity contribution in [2.24, 2.45) is 0 Å². The number of hydrogen-bond acceptors (Lipinski definition) is 3. The molecule has 0 bridgehead atoms. The lowest BCUT2D eigenvalue weighted by Crippen LogP contribution is -2.32. The number of carbonyl (C=O) groups is 2. The second-order valence-electron chi connectivity index (χ2n) is 2.86. The van der Waals surface area contributed by atoms with Gasteiger partial charge in [-0.1, -0.05) is 0 Å². The highest BCUT2D eigenvalue weighted by atomic mass is 16.2. The SMILES string of the molecule is CNC(=O)C(=O)Nc1ccc(NC)cc1. The van der Waals surface area contributed by atoms with Crippen LogP contribution in [0.1, 0.15) is 0 Å². The van der Waals surface area contributed by atoms with Crippen molar-refractivity contribution in [1.82, 2.24) is 5.32 Å². The lowest BCUT2D eigenvalue weighted by Gasteiger charge is -2.05. The Labute approximate surface area is 87.9 Å². The highest BCUT2D eigenvalue weighted by molar-refractivity contribution is 6.39. The van der Waals surface area contributed by atoms with Gasteiger partial charge in [-0.25, -0.2) is 0 Å². The monoisotopic (exact) mass is 207 g/mol. The number of likely N-dealkylation sites (N-methyl/N-ethyl adjacent to an activating group) is 1. The quantitative estimate of drug-likeness (QED) is 0.615. The molecular formula is C10H13N3O2. The minimum Gasteiger partial charge on any atom is -0.388 e. The predicted octanol–water partition coefficient (Wildman–Crippen LogP) is 0.413. The smallest absolute Gasteiger partial charge is 0.313 e. The van der Waals surface area contributed by atoms with Crippen molar-refractivity contribution in [2.75, 3.05) is 24.7 Å². The summed E-state index contributed by atoms with van der Waals surface area (Å²) >= 11 is 0. The first kappa shape index (κ1) is 11.0. The minimum atomic E-state index is -0.672. The fourth-order valence-corrected chi connectivity index (χ4v) is 1.02. The van der Waals surface area contributed by atoms with Crippen LogP contribution < -0.4 is 16.0 Å². The van der Waals surface area contributed by atoms with Crippen LogP contribution in [0.3, 0.4) is 0 Å². The van der Waals surface area contributed by atoms with Gasteiger partial charge in [-0.3, -0.25) is 9.59 Å². The molecule has 80 valence electrons. The van der Waals surface area contributed by atoms with Crippen LogP contribution in [0.25, 0.3) is 0 Å². The van der Waals surface area contributed by atoms with Crippen LogP contribution in [0, 0.1) is 0 Å². The van der Waals surface area contributed by atoms with E-state index >= 15 is 0 Å². The Hall–Kier alpha value is -2.04. The Bertz CT molecular complexity index is 359. The standard InChI is InChI=1S/C10H13N3O2/c1-11-7-3-5-8(6-4-7)13-10(15)9(14)12-2/h3-6,11H,1-2H3,(H,12,14)(H,13,15). The maximum absolute atomic E-state index is 11.2. The van der Waals surface area contributed by atoms with Crippen molar-refractivity contribution in [3.63, 3.8) is 0 Å². The van der Waals surface area contributed by atoms with E-state index in [4.69, 9.17) is 0 Å². The number of nitrogens with one attached hydrogen (secondary N) is 3. The first-order chi connectivity index (χ1) is 7.17. The molecule has 0 saturated heterocycles. The van der Waals surface area contributed by atoms with Gasteiger partial charge in [0.15, 0.2) is 0 Å². The summed E-state index contributed by atoms with van der Waals surface area (Å²) in [7, 11) is 3.21. The van der Waals surface area contributed by atoms with Gasteiger partial charge in [-0.2, -0.15) is 0 Å². The van der Waals surface area contributed by atoms with E-state index in [9.17, 15) is 9.59 Å². The van der Waals surface area contributed by atoms with Crippen LogP contribution in [0.2, 0.25) is 0 Å². The molecule has 1 rings (SSSR count). The number of amides is 2. The third-order valence-electron chi connectivity index (χ3n) is 1.86. The Balaban J connectivity index is 2.65. The Morgan fingerprint density at radius 1 is 0.933 bits per heavy atom. The summed E-state index contributed by atoms with van der Waals surface area (Å²) < 4.78 is 0. The first-order valence-corrected chi connectivity index (χ1v) is 4.48. The van der Waals surface area contributed by atoms with Gasteiger partial charge in [0.05, 0.1) is 0 Å². The molecule has 2 amide bonds. The van der Waals surface area contributed by atoms with Crippen LogP contribution in [0.5, 0.6) is 0 Å². The highest BCUT2D eigenvalue weighted by Crippen LogP contribution is 2.12. The average molecular weight is 207 g/mol. The number of rotatable bonds is 2. The summed E-state index contributed by atoms with van der Waals surface area (Å²) in [6.45, 7) is 0. The van der Waals surface area contributed by atoms with E-state index in [2.05, 4.69) is 16.0 Å². The summed E-state index contributed by atoms with van der Waals surface area (Å²) in [4.78, 5) is 22.1. The molecule has 5 heteroatoms. The summed E-state index contributed by atoms with van der Waals surface area (Å²) in [5.74, 6) is -1.33. The maximum atomic E-state index is 11.2. The third-order valence-corrected chi connectivity index (χ3v) is 1.86. The molecule has 0 aliphatic rings. The van der Waals surface area contributed by atoms with Crippen LogP contribution in [0.4, 0.5) is 11.4 Å². The second kappa shape index (κ2) is 4.99. The Morgan fingerprint density at radius 3 is 1.93 bits per heavy atom. The maximum Gasteiger partial charge on any atom is 0.313 e. The van der Waals surface area contributed by atoms with Gasteiger partial charge in [0.25, 0.3) is 0 Å². The van der Waals surface area contributed by atoms with E-state index in [1.807, 2.05) is 0 Å². The number of hydrogen-bond donors (Lipinski definition) is 3. The molecule has 0 fully saturated rings. The molecule has 0 aliphatic heterocycles. The van der Waals surface area contributed by atoms with E-state index in [-0.39, 0.29) is 0 Å². The zero-order chi connectivity index (χ0) is 11.3. The van der Waals surface area contributed by atoms with Gasteiger partial charge in [0, 0.05) is 25.5 Å². The normalized spacial score (nSPS) is 9.20. The zero-order valence-corrected chi connectivity index (χ0v) is 8.63. The molecule has 3 N–H and O–H groups in total. The van der Waals surface area contributed by atoms with E-state index in [0.29, 0.717) is 5.69 Å². The van der Waals surface area contributed by atoms with Crippen molar-refractivity contribution in [2.45, 2.75) is 0 Å². The molecule has 1 aromatic rings. The summed E-state index contributed by atoms with van der Waals surface area (Å²) in [6.07, 6.45) is 0. The summed E-state index contributed by atoms with van der Waals surface area (Å²) in [5.41, 5.74) is 1.52. The minimum absolute atomic E-state index is 0.586. The molecule has 1 aromatic carbocycles. The van der Waals surface area contributed by atoms with Crippen LogP contribution >= 0.6 is 0 Å². The molecule has 15 heavy (non-hydrogen) atoms. The van der Waals surface area contributed by atoms with E-state index in [1.165, 1.54) is 7.05 Å². The molecule has 0 saturated carbocycles. The van der Waals surface area contributed by atoms with Crippen molar-refractivity contribution in [3.05, 3.63) is 24.3 Å². The van der Waals surface area contributed by atoms with E-state index < -0.39 is 11.8 Å². The van der Waals surface area contributed by atoms with Crippen molar-refractivity contribution in [1.29, 1.82) is 0 Å². The molecule has 0 aliphatic carbocycles. The second-order valence-corrected chi connectivity index (χ2v) is 2.86. The van der Waals surface area contributed by atoms with E-state index in [0.717, 1.165) is 5.69 Å². The fourth-order valence-electron chi connectivity index (χ4n) is 1.02. The molecule has 0 unspecified atom stereocenters. The molecule has 0 aromatic heterocycles. The number of carbonyl (C=O) groups excluding carboxylic acids is 2. The highest BCUT2D eigenvalue weighted by Gasteiger charge is 2.10. The lowest BCUT2D eigenvalue weighted by molar-refractivity contribution is -0.135. The molecular weight excluding hydrogens is 194 g/mol. The predicted molar refractivity (Wildman–Crippen MR) is 58.7 cm³/mol. The summed E-state index contributed by atoms with van der Waals surface area (Å²) in [5, 5.41) is 7.66. The fraction of sp³-hybridized carbons (Fsp3) is 0.200. The van der Waals surface area contributed by atoms with Gasteiger partial charge in [0.1, 0.15) is 0 Å². The largest absolute Gasteiger partial charge is 0.388 e. The molecule has 5 nitrogen and oxygen atoms in total. The van der Waals surface area contributed by atoms with Gasteiger partial charge in [0.2, 0.25) is 0 Å². The van der Waals surface area contributed by atoms with Crippen molar-refractivity contribution < 1.29 is 9.59 Å². The van der Waals surface area contributed by atoms with Gasteiger partial charge >= 0.3 is 11.8 Å². The molecule has 0 heterocycles. The molecule has 0 radical (unpaired) electrons. The molecule has 0 atom stereocenters. The van der Waals surface area contributed by atoms with Crippen LogP contribution in [-0.2, 0) is 9.59 Å². The average Bonchev–Trinajstić information content (AvgIpc) is 2.29. The van der Waals surface area contributed by atoms with Crippen molar-refractivity contribution in [3.8, 4) is 0 Å². The van der Waals surface area contributed by atoms with Crippen LogP contribution in [0.15, 0.2) is 24.3 Å². The van der Waals surface area contributed by atoms with Gasteiger partial charge < -0.3 is 16.0 Å².